The number of guanidine groups is 2. The highest BCUT2D eigenvalue weighted by Gasteiger charge is 2.01. The van der Waals surface area contributed by atoms with Gasteiger partial charge in [0.15, 0.2) is 0 Å². The van der Waals surface area contributed by atoms with Crippen molar-refractivity contribution in [1.29, 1.82) is 0 Å². The van der Waals surface area contributed by atoms with Crippen LogP contribution in [0.3, 0.4) is 0 Å². The van der Waals surface area contributed by atoms with Gasteiger partial charge in [0.1, 0.15) is 6.61 Å². The minimum Gasteiger partial charge on any atom is -0.392 e. The van der Waals surface area contributed by atoms with Gasteiger partial charge in [-0.15, -0.1) is 19.7 Å². The first-order valence-corrected chi connectivity index (χ1v) is 7.76. The van der Waals surface area contributed by atoms with Crippen molar-refractivity contribution < 1.29 is 19.6 Å². The summed E-state index contributed by atoms with van der Waals surface area (Å²) in [5.74, 6) is 5.20. The summed E-state index contributed by atoms with van der Waals surface area (Å²) in [5.41, 5.74) is 12.5. The Labute approximate surface area is 160 Å². The van der Waals surface area contributed by atoms with Crippen LogP contribution >= 0.6 is 0 Å². The standard InChI is InChI=1S/C6H11N3O.C4H9N3O.C3H7NO.C3H6O/c1-2-5-10-9-6-7-3-4-8-6;1-2-3-8-7-4(5)6;1-2-3-5-4;1-2-3-4/h2H,1,3-5H2,(H2,7,8,9);2H,1,3H2,(H4,5,6,7);2H,1,3-4H2;2,4H,1,3H2. The van der Waals surface area contributed by atoms with Crippen molar-refractivity contribution in [3.8, 4) is 0 Å². The Bertz CT molecular complexity index is 425. The molecule has 0 amide bonds. The highest BCUT2D eigenvalue weighted by molar-refractivity contribution is 5.80. The lowest BCUT2D eigenvalue weighted by Crippen LogP contribution is -2.33. The summed E-state index contributed by atoms with van der Waals surface area (Å²) in [4.78, 5) is 17.5. The Hall–Kier alpha value is -2.86. The van der Waals surface area contributed by atoms with E-state index in [4.69, 9.17) is 21.4 Å². The highest BCUT2D eigenvalue weighted by atomic mass is 16.6. The molecule has 0 atom stereocenters. The lowest BCUT2D eigenvalue weighted by atomic mass is 10.7. The molecule has 1 aliphatic rings. The molecule has 156 valence electrons. The molecule has 0 saturated heterocycles. The van der Waals surface area contributed by atoms with Gasteiger partial charge in [-0.1, -0.05) is 30.9 Å². The van der Waals surface area contributed by atoms with E-state index in [1.54, 1.807) is 18.2 Å². The molecule has 0 fully saturated rings. The number of oxime groups is 1. The van der Waals surface area contributed by atoms with Crippen LogP contribution in [0.1, 0.15) is 0 Å². The number of hydrogen-bond donors (Lipinski definition) is 6. The van der Waals surface area contributed by atoms with E-state index in [0.717, 1.165) is 13.1 Å². The maximum atomic E-state index is 7.76. The van der Waals surface area contributed by atoms with Gasteiger partial charge in [-0.05, 0) is 5.16 Å². The third-order valence-electron chi connectivity index (χ3n) is 1.75. The Balaban J connectivity index is -0.000000305. The molecule has 0 aliphatic carbocycles. The van der Waals surface area contributed by atoms with Crippen LogP contribution in [0.15, 0.2) is 60.8 Å². The Morgan fingerprint density at radius 3 is 2.07 bits per heavy atom. The number of nitrogens with two attached hydrogens (primary N) is 3. The molecule has 11 nitrogen and oxygen atoms in total. The summed E-state index contributed by atoms with van der Waals surface area (Å²) < 4.78 is 0. The van der Waals surface area contributed by atoms with Crippen LogP contribution in [0.2, 0.25) is 0 Å². The van der Waals surface area contributed by atoms with Crippen LogP contribution in [0, 0.1) is 0 Å². The van der Waals surface area contributed by atoms with Crippen molar-refractivity contribution in [3.63, 3.8) is 0 Å². The molecule has 0 spiro atoms. The van der Waals surface area contributed by atoms with Crippen molar-refractivity contribution in [2.45, 2.75) is 0 Å². The van der Waals surface area contributed by atoms with E-state index in [1.165, 1.54) is 6.08 Å². The van der Waals surface area contributed by atoms with Crippen LogP contribution in [-0.4, -0.2) is 56.5 Å². The molecular weight excluding hydrogens is 354 g/mol. The highest BCUT2D eigenvalue weighted by Crippen LogP contribution is 1.80. The molecule has 0 bridgehead atoms. The van der Waals surface area contributed by atoms with E-state index in [9.17, 15) is 0 Å². The van der Waals surface area contributed by atoms with E-state index in [-0.39, 0.29) is 12.6 Å². The first-order chi connectivity index (χ1) is 13.0. The molecule has 0 radical (unpaired) electrons. The van der Waals surface area contributed by atoms with Crippen LogP contribution in [-0.2, 0) is 14.5 Å². The molecule has 27 heavy (non-hydrogen) atoms. The van der Waals surface area contributed by atoms with Gasteiger partial charge in [0, 0.05) is 6.54 Å². The van der Waals surface area contributed by atoms with E-state index in [0.29, 0.717) is 25.8 Å². The van der Waals surface area contributed by atoms with Gasteiger partial charge < -0.3 is 31.6 Å². The monoisotopic (exact) mass is 387 g/mol. The molecule has 9 N–H and O–H groups in total. The van der Waals surface area contributed by atoms with E-state index < -0.39 is 0 Å². The van der Waals surface area contributed by atoms with Crippen molar-refractivity contribution in [1.82, 2.24) is 10.8 Å². The number of nitrogens with zero attached hydrogens (tertiary/aromatic N) is 2. The number of hydrogen-bond acceptors (Lipinski definition) is 9. The van der Waals surface area contributed by atoms with Crippen molar-refractivity contribution in [3.05, 3.63) is 50.6 Å². The van der Waals surface area contributed by atoms with Gasteiger partial charge in [0.25, 0.3) is 0 Å². The molecule has 11 heteroatoms. The molecule has 0 aromatic heterocycles. The Kier molecular flexibility index (Phi) is 30.0. The zero-order valence-corrected chi connectivity index (χ0v) is 15.7. The molecule has 1 aliphatic heterocycles. The number of nitrogens with one attached hydrogen (secondary N) is 2. The van der Waals surface area contributed by atoms with Crippen molar-refractivity contribution >= 4 is 11.9 Å². The SMILES string of the molecule is C=CCO.C=CCON.C=CCON=C(N)N.C=CCONC1=NCCN1. The van der Waals surface area contributed by atoms with Gasteiger partial charge >= 0.3 is 0 Å². The van der Waals surface area contributed by atoms with Crippen molar-refractivity contribution in [2.24, 2.45) is 27.5 Å². The normalized spacial score (nSPS) is 10.4. The lowest BCUT2D eigenvalue weighted by Gasteiger charge is -2.03. The third kappa shape index (κ3) is 35.2. The zero-order valence-electron chi connectivity index (χ0n) is 15.7. The summed E-state index contributed by atoms with van der Waals surface area (Å²) in [7, 11) is 0. The second-order valence-electron chi connectivity index (χ2n) is 4.05. The molecule has 0 aromatic rings. The second-order valence-corrected chi connectivity index (χ2v) is 4.05. The number of aliphatic hydroxyl groups excluding tert-OH is 1. The number of hydroxylamine groups is 1. The minimum absolute atomic E-state index is 0.0770. The van der Waals surface area contributed by atoms with E-state index in [1.807, 2.05) is 0 Å². The van der Waals surface area contributed by atoms with Gasteiger partial charge in [0.2, 0.25) is 11.9 Å². The largest absolute Gasteiger partial charge is 0.392 e. The van der Waals surface area contributed by atoms with Gasteiger partial charge in [-0.2, -0.15) is 0 Å². The van der Waals surface area contributed by atoms with Gasteiger partial charge in [-0.3, -0.25) is 4.84 Å². The molecule has 1 rings (SSSR count). The number of rotatable bonds is 9. The fraction of sp³-hybridized carbons (Fsp3) is 0.375. The van der Waals surface area contributed by atoms with Crippen molar-refractivity contribution in [2.75, 3.05) is 39.5 Å². The Morgan fingerprint density at radius 2 is 1.74 bits per heavy atom. The number of aliphatic hydroxyl groups is 1. The van der Waals surface area contributed by atoms with Gasteiger partial charge in [0.05, 0.1) is 26.4 Å². The van der Waals surface area contributed by atoms with E-state index >= 15 is 0 Å². The average Bonchev–Trinajstić information content (AvgIpc) is 3.17. The minimum atomic E-state index is -0.0770. The summed E-state index contributed by atoms with van der Waals surface area (Å²) in [6.07, 6.45) is 6.23. The summed E-state index contributed by atoms with van der Waals surface area (Å²) >= 11 is 0. The zero-order chi connectivity index (χ0) is 21.2. The molecule has 0 saturated carbocycles. The molecule has 0 unspecified atom stereocenters. The van der Waals surface area contributed by atoms with Crippen LogP contribution in [0.5, 0.6) is 0 Å². The third-order valence-corrected chi connectivity index (χ3v) is 1.75. The average molecular weight is 387 g/mol. The van der Waals surface area contributed by atoms with Crippen LogP contribution in [0.4, 0.5) is 0 Å². The lowest BCUT2D eigenvalue weighted by molar-refractivity contribution is 0.108. The van der Waals surface area contributed by atoms with Crippen LogP contribution < -0.4 is 28.2 Å². The molecular formula is C16H33N7O4. The predicted molar refractivity (Wildman–Crippen MR) is 109 cm³/mol. The Morgan fingerprint density at radius 1 is 1.15 bits per heavy atom. The summed E-state index contributed by atoms with van der Waals surface area (Å²) in [6, 6.07) is 0. The summed E-state index contributed by atoms with van der Waals surface area (Å²) in [6.45, 7) is 16.5. The first kappa shape index (κ1) is 28.9. The van der Waals surface area contributed by atoms with Gasteiger partial charge in [-0.25, -0.2) is 16.4 Å². The topological polar surface area (TPSA) is 175 Å². The smallest absolute Gasteiger partial charge is 0.228 e. The molecule has 0 aromatic carbocycles. The van der Waals surface area contributed by atoms with E-state index in [2.05, 4.69) is 62.8 Å². The summed E-state index contributed by atoms with van der Waals surface area (Å²) in [5, 5.41) is 14.0. The molecule has 1 heterocycles. The fourth-order valence-electron chi connectivity index (χ4n) is 0.868. The second kappa shape index (κ2) is 28.0. The predicted octanol–water partition coefficient (Wildman–Crippen LogP) is -0.742. The maximum Gasteiger partial charge on any atom is 0.228 e. The van der Waals surface area contributed by atoms with Crippen LogP contribution in [0.25, 0.3) is 0 Å². The first-order valence-electron chi connectivity index (χ1n) is 7.76. The quantitative estimate of drug-likeness (QED) is 0.0978. The fourth-order valence-corrected chi connectivity index (χ4v) is 0.868. The number of aliphatic imine (C=N–C) groups is 1. The maximum absolute atomic E-state index is 7.76.